The van der Waals surface area contributed by atoms with Crippen molar-refractivity contribution in [2.45, 2.75) is 40.2 Å². The number of ether oxygens (including phenoxy) is 1. The highest BCUT2D eigenvalue weighted by molar-refractivity contribution is 5.89. The van der Waals surface area contributed by atoms with Gasteiger partial charge in [0.15, 0.2) is 0 Å². The molecular weight excluding hydrogens is 498 g/mol. The highest BCUT2D eigenvalue weighted by Gasteiger charge is 2.41. The Morgan fingerprint density at radius 3 is 2.28 bits per heavy atom. The minimum absolute atomic E-state index is 0.101. The van der Waals surface area contributed by atoms with Gasteiger partial charge in [0, 0.05) is 74.8 Å². The summed E-state index contributed by atoms with van der Waals surface area (Å²) in [6.45, 7) is 14.9. The van der Waals surface area contributed by atoms with Crippen molar-refractivity contribution in [1.82, 2.24) is 10.2 Å². The molecule has 0 amide bonds. The molecule has 1 heterocycles. The van der Waals surface area contributed by atoms with Gasteiger partial charge in [-0.25, -0.2) is 9.59 Å². The van der Waals surface area contributed by atoms with Crippen molar-refractivity contribution >= 4 is 17.6 Å². The molecule has 39 heavy (non-hydrogen) atoms. The number of nitrogens with zero attached hydrogens (tertiary/aromatic N) is 2. The molecule has 2 aromatic carbocycles. The summed E-state index contributed by atoms with van der Waals surface area (Å²) in [4.78, 5) is 24.1. The van der Waals surface area contributed by atoms with Crippen molar-refractivity contribution < 1.29 is 29.6 Å². The van der Waals surface area contributed by atoms with Crippen LogP contribution in [0.15, 0.2) is 42.5 Å². The van der Waals surface area contributed by atoms with Gasteiger partial charge in [-0.05, 0) is 54.5 Å². The predicted octanol–water partition coefficient (Wildman–Crippen LogP) is 3.76. The van der Waals surface area contributed by atoms with Crippen LogP contribution in [-0.4, -0.2) is 78.5 Å². The summed E-state index contributed by atoms with van der Waals surface area (Å²) in [6, 6.07) is 10.6. The molecule has 2 aliphatic rings. The number of carboxylic acids is 2. The standard InChI is InChI=1S/C26H37N3O2.C4H4O4/c1-18-15-19(2)24(30)23-22(18)17-26(3,4)25(23)27-9-10-28-11-13-29(14-12-28)20-7-6-8-21(16-20)31-5;5-3(6)1-2-4(7)8/h6-8,15-16,25,27,30H,9-14,17H2,1-5H3;1-2H,(H,5,6)(H,7,8). The fourth-order valence-corrected chi connectivity index (χ4v) is 5.47. The zero-order valence-corrected chi connectivity index (χ0v) is 23.5. The van der Waals surface area contributed by atoms with E-state index in [1.165, 1.54) is 16.8 Å². The molecule has 212 valence electrons. The van der Waals surface area contributed by atoms with Crippen molar-refractivity contribution in [2.75, 3.05) is 51.3 Å². The molecule has 0 bridgehead atoms. The van der Waals surface area contributed by atoms with E-state index in [-0.39, 0.29) is 11.5 Å². The number of methoxy groups -OCH3 is 1. The van der Waals surface area contributed by atoms with E-state index in [0.29, 0.717) is 17.9 Å². The lowest BCUT2D eigenvalue weighted by Gasteiger charge is -2.37. The second-order valence-corrected chi connectivity index (χ2v) is 10.8. The maximum atomic E-state index is 10.8. The van der Waals surface area contributed by atoms with Crippen LogP contribution in [0.1, 0.15) is 42.1 Å². The number of aryl methyl sites for hydroxylation is 2. The Balaban J connectivity index is 0.000000459. The lowest BCUT2D eigenvalue weighted by Crippen LogP contribution is -2.48. The lowest BCUT2D eigenvalue weighted by atomic mass is 9.85. The van der Waals surface area contributed by atoms with Gasteiger partial charge >= 0.3 is 11.9 Å². The maximum absolute atomic E-state index is 10.8. The van der Waals surface area contributed by atoms with Gasteiger partial charge in [0.25, 0.3) is 0 Å². The molecule has 2 aromatic rings. The van der Waals surface area contributed by atoms with E-state index < -0.39 is 11.9 Å². The molecule has 0 aromatic heterocycles. The zero-order valence-electron chi connectivity index (χ0n) is 23.5. The van der Waals surface area contributed by atoms with Crippen LogP contribution in [0.2, 0.25) is 0 Å². The number of carbonyl (C=O) groups is 2. The third kappa shape index (κ3) is 7.74. The monoisotopic (exact) mass is 539 g/mol. The summed E-state index contributed by atoms with van der Waals surface area (Å²) >= 11 is 0. The molecule has 4 N–H and O–H groups in total. The Hall–Kier alpha value is -3.56. The average Bonchev–Trinajstić information content (AvgIpc) is 3.18. The van der Waals surface area contributed by atoms with E-state index in [4.69, 9.17) is 14.9 Å². The number of benzene rings is 2. The van der Waals surface area contributed by atoms with Crippen LogP contribution in [0, 0.1) is 19.3 Å². The van der Waals surface area contributed by atoms with E-state index in [1.54, 1.807) is 7.11 Å². The Morgan fingerprint density at radius 1 is 1.05 bits per heavy atom. The molecule has 9 nitrogen and oxygen atoms in total. The van der Waals surface area contributed by atoms with E-state index >= 15 is 0 Å². The van der Waals surface area contributed by atoms with Gasteiger partial charge in [-0.15, -0.1) is 0 Å². The van der Waals surface area contributed by atoms with Gasteiger partial charge in [-0.2, -0.15) is 0 Å². The molecule has 0 spiro atoms. The number of carboxylic acid groups (broad SMARTS) is 2. The third-order valence-corrected chi connectivity index (χ3v) is 7.50. The number of phenols is 1. The topological polar surface area (TPSA) is 123 Å². The molecule has 0 saturated carbocycles. The molecule has 1 aliphatic carbocycles. The van der Waals surface area contributed by atoms with Gasteiger partial charge in [0.2, 0.25) is 0 Å². The number of piperazine rings is 1. The molecule has 4 rings (SSSR count). The van der Waals surface area contributed by atoms with Crippen molar-refractivity contribution in [3.63, 3.8) is 0 Å². The number of hydrogen-bond acceptors (Lipinski definition) is 7. The Kier molecular flexibility index (Phi) is 9.99. The summed E-state index contributed by atoms with van der Waals surface area (Å²) < 4.78 is 5.37. The second-order valence-electron chi connectivity index (χ2n) is 10.8. The van der Waals surface area contributed by atoms with Gasteiger partial charge in [-0.1, -0.05) is 26.0 Å². The first-order valence-corrected chi connectivity index (χ1v) is 13.2. The van der Waals surface area contributed by atoms with Gasteiger partial charge in [-0.3, -0.25) is 4.90 Å². The molecule has 1 unspecified atom stereocenters. The van der Waals surface area contributed by atoms with Crippen molar-refractivity contribution in [3.8, 4) is 11.5 Å². The molecule has 1 atom stereocenters. The Labute approximate surface area is 230 Å². The smallest absolute Gasteiger partial charge is 0.328 e. The molecular formula is C30H41N3O6. The first kappa shape index (κ1) is 30.0. The van der Waals surface area contributed by atoms with E-state index in [9.17, 15) is 14.7 Å². The number of aliphatic carboxylic acids is 2. The second kappa shape index (κ2) is 13.0. The van der Waals surface area contributed by atoms with Crippen LogP contribution in [-0.2, 0) is 16.0 Å². The summed E-state index contributed by atoms with van der Waals surface area (Å²) in [5.41, 5.74) is 6.08. The highest BCUT2D eigenvalue weighted by Crippen LogP contribution is 2.50. The first-order chi connectivity index (χ1) is 18.4. The number of phenolic OH excluding ortho intramolecular Hbond substituents is 1. The van der Waals surface area contributed by atoms with E-state index in [2.05, 4.69) is 60.2 Å². The third-order valence-electron chi connectivity index (χ3n) is 7.50. The van der Waals surface area contributed by atoms with Crippen LogP contribution < -0.4 is 15.0 Å². The molecule has 1 aliphatic heterocycles. The Bertz CT molecular complexity index is 1190. The van der Waals surface area contributed by atoms with Crippen molar-refractivity contribution in [2.24, 2.45) is 5.41 Å². The summed E-state index contributed by atoms with van der Waals surface area (Å²) in [5, 5.41) is 30.2. The number of aromatic hydroxyl groups is 1. The summed E-state index contributed by atoms with van der Waals surface area (Å²) in [7, 11) is 1.72. The molecule has 1 fully saturated rings. The van der Waals surface area contributed by atoms with Gasteiger partial charge in [0.05, 0.1) is 7.11 Å². The van der Waals surface area contributed by atoms with E-state index in [0.717, 1.165) is 62.6 Å². The SMILES string of the molecule is COc1cccc(N2CCN(CCNC3c4c(O)c(C)cc(C)c4CC3(C)C)CC2)c1.O=C(O)C=CC(=O)O. The fourth-order valence-electron chi connectivity index (χ4n) is 5.47. The summed E-state index contributed by atoms with van der Waals surface area (Å²) in [6.07, 6.45) is 2.13. The number of rotatable bonds is 8. The minimum Gasteiger partial charge on any atom is -0.507 e. The maximum Gasteiger partial charge on any atom is 0.328 e. The van der Waals surface area contributed by atoms with Crippen LogP contribution in [0.3, 0.4) is 0 Å². The molecule has 9 heteroatoms. The Morgan fingerprint density at radius 2 is 1.69 bits per heavy atom. The fraction of sp³-hybridized carbons (Fsp3) is 0.467. The van der Waals surface area contributed by atoms with Crippen molar-refractivity contribution in [1.29, 1.82) is 0 Å². The van der Waals surface area contributed by atoms with Crippen LogP contribution in [0.4, 0.5) is 5.69 Å². The predicted molar refractivity (Wildman–Crippen MR) is 152 cm³/mol. The van der Waals surface area contributed by atoms with Crippen molar-refractivity contribution in [3.05, 3.63) is 64.7 Å². The van der Waals surface area contributed by atoms with Gasteiger partial charge < -0.3 is 30.3 Å². The zero-order chi connectivity index (χ0) is 28.7. The van der Waals surface area contributed by atoms with Crippen LogP contribution in [0.5, 0.6) is 11.5 Å². The number of hydrogen-bond donors (Lipinski definition) is 4. The summed E-state index contributed by atoms with van der Waals surface area (Å²) in [5.74, 6) is -1.12. The van der Waals surface area contributed by atoms with Gasteiger partial charge in [0.1, 0.15) is 11.5 Å². The quantitative estimate of drug-likeness (QED) is 0.371. The highest BCUT2D eigenvalue weighted by atomic mass is 16.5. The number of fused-ring (bicyclic) bond motifs is 1. The largest absolute Gasteiger partial charge is 0.507 e. The lowest BCUT2D eigenvalue weighted by molar-refractivity contribution is -0.134. The van der Waals surface area contributed by atoms with Crippen LogP contribution in [0.25, 0.3) is 0 Å². The minimum atomic E-state index is -1.26. The first-order valence-electron chi connectivity index (χ1n) is 13.2. The molecule has 0 radical (unpaired) electrons. The number of nitrogens with one attached hydrogen (secondary N) is 1. The average molecular weight is 540 g/mol. The molecule has 1 saturated heterocycles. The normalized spacial score (nSPS) is 18.4. The van der Waals surface area contributed by atoms with Crippen LogP contribution >= 0.6 is 0 Å². The van der Waals surface area contributed by atoms with E-state index in [1.807, 2.05) is 13.0 Å². The number of anilines is 1.